The number of allylic oxidation sites excluding steroid dienone is 1. The minimum atomic E-state index is -4.75. The van der Waals surface area contributed by atoms with Gasteiger partial charge in [0, 0.05) is 29.7 Å². The van der Waals surface area contributed by atoms with Crippen LogP contribution < -0.4 is 15.0 Å². The Balaban J connectivity index is 1.22. The first-order valence-corrected chi connectivity index (χ1v) is 14.5. The number of nitrogens with one attached hydrogen (secondary N) is 1. The second-order valence-corrected chi connectivity index (χ2v) is 11.1. The molecule has 0 unspecified atom stereocenters. The molecule has 0 radical (unpaired) electrons. The lowest BCUT2D eigenvalue weighted by Crippen LogP contribution is -2.27. The lowest BCUT2D eigenvalue weighted by molar-refractivity contribution is -0.274. The highest BCUT2D eigenvalue weighted by Crippen LogP contribution is 2.32. The fraction of sp³-hybridized carbons (Fsp3) is 0.226. The zero-order valence-electron chi connectivity index (χ0n) is 23.7. The molecule has 12 heteroatoms. The number of hydrogen-bond acceptors (Lipinski definition) is 5. The normalized spacial score (nSPS) is 14.9. The minimum Gasteiger partial charge on any atom is -0.406 e. The molecular weight excluding hydrogens is 577 g/mol. The average molecular weight is 607 g/mol. The SMILES string of the molecule is C/C(=C\NC(=O)N=C1SCCN1c1ccccc1C(C)C)c1ccc(-c2ncn(-c3ccc(OC(F)(F)F)cc3)n2)cc1. The number of urea groups is 1. The van der Waals surface area contributed by atoms with Gasteiger partial charge in [0.05, 0.1) is 5.69 Å². The molecule has 0 bridgehead atoms. The van der Waals surface area contributed by atoms with Crippen molar-refractivity contribution >= 4 is 34.2 Å². The summed E-state index contributed by atoms with van der Waals surface area (Å²) < 4.78 is 42.6. The predicted molar refractivity (Wildman–Crippen MR) is 163 cm³/mol. The van der Waals surface area contributed by atoms with Gasteiger partial charge in [-0.05, 0) is 59.9 Å². The van der Waals surface area contributed by atoms with Crippen LogP contribution in [0.4, 0.5) is 23.7 Å². The smallest absolute Gasteiger partial charge is 0.406 e. The molecule has 2 amide bonds. The topological polar surface area (TPSA) is 84.6 Å². The van der Waals surface area contributed by atoms with Gasteiger partial charge in [0.25, 0.3) is 0 Å². The van der Waals surface area contributed by atoms with Crippen LogP contribution in [0.5, 0.6) is 5.75 Å². The van der Waals surface area contributed by atoms with Crippen LogP contribution in [-0.4, -0.2) is 44.6 Å². The number of thioether (sulfide) groups is 1. The van der Waals surface area contributed by atoms with Crippen molar-refractivity contribution < 1.29 is 22.7 Å². The average Bonchev–Trinajstić information content (AvgIpc) is 3.66. The fourth-order valence-electron chi connectivity index (χ4n) is 4.51. The number of anilines is 1. The van der Waals surface area contributed by atoms with E-state index in [1.54, 1.807) is 18.0 Å². The van der Waals surface area contributed by atoms with Gasteiger partial charge in [-0.2, -0.15) is 4.99 Å². The number of alkyl halides is 3. The third-order valence-electron chi connectivity index (χ3n) is 6.66. The number of aliphatic imine (C=N–C) groups is 1. The Hall–Kier alpha value is -4.58. The van der Waals surface area contributed by atoms with Crippen molar-refractivity contribution in [2.45, 2.75) is 33.1 Å². The Labute approximate surface area is 251 Å². The van der Waals surface area contributed by atoms with Gasteiger partial charge >= 0.3 is 12.4 Å². The highest BCUT2D eigenvalue weighted by atomic mass is 32.2. The summed E-state index contributed by atoms with van der Waals surface area (Å²) in [7, 11) is 0. The van der Waals surface area contributed by atoms with Crippen LogP contribution in [0.15, 0.2) is 90.3 Å². The summed E-state index contributed by atoms with van der Waals surface area (Å²) in [4.78, 5) is 23.5. The number of para-hydroxylation sites is 1. The van der Waals surface area contributed by atoms with Gasteiger partial charge in [0.1, 0.15) is 12.1 Å². The van der Waals surface area contributed by atoms with Crippen LogP contribution in [0.2, 0.25) is 0 Å². The third kappa shape index (κ3) is 7.44. The van der Waals surface area contributed by atoms with Crippen molar-refractivity contribution in [3.63, 3.8) is 0 Å². The highest BCUT2D eigenvalue weighted by molar-refractivity contribution is 8.14. The van der Waals surface area contributed by atoms with E-state index in [4.69, 9.17) is 0 Å². The van der Waals surface area contributed by atoms with E-state index in [1.807, 2.05) is 43.3 Å². The quantitative estimate of drug-likeness (QED) is 0.233. The zero-order chi connectivity index (χ0) is 30.6. The molecular formula is C31H29F3N6O2S. The molecule has 1 aliphatic rings. The van der Waals surface area contributed by atoms with E-state index in [1.165, 1.54) is 40.8 Å². The largest absolute Gasteiger partial charge is 0.573 e. The molecule has 2 heterocycles. The first kappa shape index (κ1) is 29.9. The summed E-state index contributed by atoms with van der Waals surface area (Å²) in [5.74, 6) is 1.34. The van der Waals surface area contributed by atoms with Crippen LogP contribution in [0, 0.1) is 0 Å². The molecule has 3 aromatic carbocycles. The van der Waals surface area contributed by atoms with Gasteiger partial charge in [-0.15, -0.1) is 18.3 Å². The van der Waals surface area contributed by atoms with Crippen molar-refractivity contribution in [1.82, 2.24) is 20.1 Å². The van der Waals surface area contributed by atoms with Crippen LogP contribution in [0.3, 0.4) is 0 Å². The second kappa shape index (κ2) is 12.7. The van der Waals surface area contributed by atoms with Gasteiger partial charge in [-0.1, -0.05) is 68.1 Å². The van der Waals surface area contributed by atoms with E-state index in [0.29, 0.717) is 22.6 Å². The number of aromatic nitrogens is 3. The summed E-state index contributed by atoms with van der Waals surface area (Å²) in [6.07, 6.45) is -1.64. The van der Waals surface area contributed by atoms with Crippen molar-refractivity contribution in [1.29, 1.82) is 0 Å². The van der Waals surface area contributed by atoms with E-state index in [2.05, 4.69) is 56.0 Å². The molecule has 0 atom stereocenters. The molecule has 222 valence electrons. The molecule has 0 aliphatic carbocycles. The number of amidine groups is 1. The number of carbonyl (C=O) groups excluding carboxylic acids is 1. The molecule has 4 aromatic rings. The van der Waals surface area contributed by atoms with Gasteiger partial charge < -0.3 is 15.0 Å². The van der Waals surface area contributed by atoms with Crippen LogP contribution >= 0.6 is 11.8 Å². The van der Waals surface area contributed by atoms with Crippen molar-refractivity contribution in [2.24, 2.45) is 4.99 Å². The van der Waals surface area contributed by atoms with Gasteiger partial charge in [-0.3, -0.25) is 0 Å². The van der Waals surface area contributed by atoms with E-state index in [-0.39, 0.29) is 5.75 Å². The lowest BCUT2D eigenvalue weighted by atomic mass is 10.0. The van der Waals surface area contributed by atoms with Crippen LogP contribution in [0.1, 0.15) is 37.8 Å². The first-order chi connectivity index (χ1) is 20.6. The van der Waals surface area contributed by atoms with E-state index in [9.17, 15) is 18.0 Å². The summed E-state index contributed by atoms with van der Waals surface area (Å²) in [5, 5.41) is 7.88. The molecule has 1 aliphatic heterocycles. The first-order valence-electron chi connectivity index (χ1n) is 13.5. The molecule has 8 nitrogen and oxygen atoms in total. The number of halogens is 3. The Morgan fingerprint density at radius 3 is 2.49 bits per heavy atom. The number of benzene rings is 3. The number of ether oxygens (including phenoxy) is 1. The predicted octanol–water partition coefficient (Wildman–Crippen LogP) is 7.64. The summed E-state index contributed by atoms with van der Waals surface area (Å²) in [6.45, 7) is 6.98. The third-order valence-corrected chi connectivity index (χ3v) is 7.62. The van der Waals surface area contributed by atoms with Crippen molar-refractivity contribution in [2.75, 3.05) is 17.2 Å². The maximum absolute atomic E-state index is 12.7. The standard InChI is InChI=1S/C31H29F3N6O2S/c1-20(2)26-6-4-5-7-27(26)39-16-17-43-30(39)37-29(41)35-18-21(3)22-8-10-23(11-9-22)28-36-19-40(38-28)24-12-14-25(15-13-24)42-31(32,33)34/h4-15,18-20H,16-17H2,1-3H3,(H,35,41)/b21-18+,37-30?. The monoisotopic (exact) mass is 606 g/mol. The highest BCUT2D eigenvalue weighted by Gasteiger charge is 2.31. The molecule has 1 aromatic heterocycles. The zero-order valence-corrected chi connectivity index (χ0v) is 24.5. The number of nitrogens with zero attached hydrogens (tertiary/aromatic N) is 5. The number of amides is 2. The number of carbonyl (C=O) groups is 1. The van der Waals surface area contributed by atoms with Gasteiger partial charge in [0.15, 0.2) is 11.0 Å². The lowest BCUT2D eigenvalue weighted by Gasteiger charge is -2.22. The molecule has 1 fully saturated rings. The van der Waals surface area contributed by atoms with Gasteiger partial charge in [-0.25, -0.2) is 14.5 Å². The molecule has 0 saturated carbocycles. The molecule has 43 heavy (non-hydrogen) atoms. The maximum atomic E-state index is 12.7. The van der Waals surface area contributed by atoms with E-state index < -0.39 is 12.4 Å². The van der Waals surface area contributed by atoms with E-state index >= 15 is 0 Å². The van der Waals surface area contributed by atoms with Crippen molar-refractivity contribution in [3.05, 3.63) is 96.5 Å². The summed E-state index contributed by atoms with van der Waals surface area (Å²) >= 11 is 1.56. The number of hydrogen-bond donors (Lipinski definition) is 1. The van der Waals surface area contributed by atoms with Crippen LogP contribution in [-0.2, 0) is 0 Å². The summed E-state index contributed by atoms with van der Waals surface area (Å²) in [6, 6.07) is 20.6. The van der Waals surface area contributed by atoms with Crippen LogP contribution in [0.25, 0.3) is 22.6 Å². The molecule has 5 rings (SSSR count). The molecule has 1 saturated heterocycles. The number of rotatable bonds is 7. The van der Waals surface area contributed by atoms with Crippen molar-refractivity contribution in [3.8, 4) is 22.8 Å². The minimum absolute atomic E-state index is 0.314. The summed E-state index contributed by atoms with van der Waals surface area (Å²) in [5.41, 5.74) is 5.30. The Bertz CT molecular complexity index is 1650. The Morgan fingerprint density at radius 2 is 1.79 bits per heavy atom. The van der Waals surface area contributed by atoms with Gasteiger partial charge in [0.2, 0.25) is 0 Å². The fourth-order valence-corrected chi connectivity index (χ4v) is 5.46. The Morgan fingerprint density at radius 1 is 1.07 bits per heavy atom. The van der Waals surface area contributed by atoms with E-state index in [0.717, 1.165) is 34.7 Å². The second-order valence-electron chi connectivity index (χ2n) is 10.0. The molecule has 0 spiro atoms. The maximum Gasteiger partial charge on any atom is 0.573 e. The molecule has 1 N–H and O–H groups in total. The Kier molecular flexibility index (Phi) is 8.86.